The minimum Gasteiger partial charge on any atom is -0.340 e. The average Bonchev–Trinajstić information content (AvgIpc) is 3.89. The second-order valence-corrected chi connectivity index (χ2v) is 14.6. The first-order chi connectivity index (χ1) is 26.2. The van der Waals surface area contributed by atoms with Crippen molar-refractivity contribution in [1.82, 2.24) is 20.6 Å². The van der Waals surface area contributed by atoms with Crippen molar-refractivity contribution in [1.29, 1.82) is 0 Å². The Balaban J connectivity index is 1.10. The lowest BCUT2D eigenvalue weighted by atomic mass is 10.0. The van der Waals surface area contributed by atoms with Crippen LogP contribution in [0.15, 0.2) is 132 Å². The predicted molar refractivity (Wildman–Crippen MR) is 215 cm³/mol. The Kier molecular flexibility index (Phi) is 10.8. The molecular weight excluding hydrogens is 717 g/mol. The number of carbonyl (C=O) groups excluding carboxylic acids is 4. The zero-order valence-electron chi connectivity index (χ0n) is 29.5. The highest BCUT2D eigenvalue weighted by molar-refractivity contribution is 7.17. The van der Waals surface area contributed by atoms with Crippen LogP contribution in [-0.4, -0.2) is 59.8 Å². The second-order valence-electron chi connectivity index (χ2n) is 12.8. The molecule has 0 saturated carbocycles. The number of nitrogens with zero attached hydrogens (tertiary/aromatic N) is 4. The molecule has 2 heterocycles. The molecule has 0 radical (unpaired) electrons. The fourth-order valence-electron chi connectivity index (χ4n) is 6.22. The highest BCUT2D eigenvalue weighted by Crippen LogP contribution is 2.26. The number of benzene rings is 5. The number of likely N-dealkylation sites (N-methyl/N-ethyl adjacent to an activating group) is 2. The Bertz CT molecular complexity index is 2280. The van der Waals surface area contributed by atoms with Gasteiger partial charge in [0, 0.05) is 49.4 Å². The molecule has 2 N–H and O–H groups in total. The van der Waals surface area contributed by atoms with Gasteiger partial charge in [0.25, 0.3) is 11.8 Å². The molecule has 0 aliphatic heterocycles. The summed E-state index contributed by atoms with van der Waals surface area (Å²) >= 11 is 3.04. The van der Waals surface area contributed by atoms with Crippen molar-refractivity contribution in [3.8, 4) is 0 Å². The highest BCUT2D eigenvalue weighted by Gasteiger charge is 2.28. The number of thiazole rings is 2. The zero-order valence-corrected chi connectivity index (χ0v) is 31.1. The summed E-state index contributed by atoms with van der Waals surface area (Å²) in [6.07, 6.45) is 0.502. The lowest BCUT2D eigenvalue weighted by Gasteiger charge is -2.25. The Morgan fingerprint density at radius 2 is 0.981 bits per heavy atom. The summed E-state index contributed by atoms with van der Waals surface area (Å²) < 4.78 is 2.02. The number of hydrogen-bond acceptors (Lipinski definition) is 8. The summed E-state index contributed by atoms with van der Waals surface area (Å²) in [7, 11) is 3.35. The van der Waals surface area contributed by atoms with E-state index in [1.54, 1.807) is 43.3 Å². The Morgan fingerprint density at radius 1 is 0.556 bits per heavy atom. The summed E-state index contributed by atoms with van der Waals surface area (Å²) in [5.41, 5.74) is 8.52. The maximum Gasteiger partial charge on any atom is 0.251 e. The number of hydrogen-bond donors (Lipinski definition) is 2. The molecule has 5 aromatic carbocycles. The van der Waals surface area contributed by atoms with Crippen molar-refractivity contribution >= 4 is 78.1 Å². The van der Waals surface area contributed by atoms with Crippen LogP contribution in [0.5, 0.6) is 0 Å². The molecule has 0 aliphatic rings. The van der Waals surface area contributed by atoms with E-state index < -0.39 is 23.9 Å². The van der Waals surface area contributed by atoms with E-state index in [9.17, 15) is 19.2 Å². The lowest BCUT2D eigenvalue weighted by Crippen LogP contribution is -2.49. The van der Waals surface area contributed by atoms with Crippen LogP contribution in [0.2, 0.25) is 0 Å². The minimum atomic E-state index is -0.916. The number of amides is 4. The fourth-order valence-corrected chi connectivity index (χ4v) is 7.53. The predicted octanol–water partition coefficient (Wildman–Crippen LogP) is 6.91. The van der Waals surface area contributed by atoms with Gasteiger partial charge in [-0.25, -0.2) is 9.97 Å². The molecule has 7 aromatic rings. The van der Waals surface area contributed by atoms with Crippen LogP contribution in [0.1, 0.15) is 31.8 Å². The topological polar surface area (TPSA) is 125 Å². The SMILES string of the molecule is CN(C(=O)[C@H](Cc1ccccc1)NC(=O)c1cccc(C(=O)N[C@@H](Cc2ccccc2)C(=O)N(C)c2ccc3scnc3c2)c1)c1ccc2scnc2c1. The van der Waals surface area contributed by atoms with Crippen molar-refractivity contribution in [2.24, 2.45) is 0 Å². The second kappa shape index (κ2) is 16.2. The fraction of sp³-hybridized carbons (Fsp3) is 0.143. The molecule has 0 fully saturated rings. The number of anilines is 2. The van der Waals surface area contributed by atoms with E-state index in [1.165, 1.54) is 38.5 Å². The standard InChI is InChI=1S/C42H36N6O4S2/c1-47(31-16-18-37-33(23-31)43-25-53-37)41(51)35(20-27-10-5-3-6-11-27)45-39(49)29-14-9-15-30(22-29)40(50)46-36(21-28-12-7-4-8-13-28)42(52)48(2)32-17-19-38-34(24-32)44-26-54-38/h3-19,22-26,35-36H,20-21H2,1-2H3,(H,45,49)(H,46,50)/t35-,36-/m0/s1. The molecule has 10 nitrogen and oxygen atoms in total. The molecule has 54 heavy (non-hydrogen) atoms. The quantitative estimate of drug-likeness (QED) is 0.140. The molecule has 270 valence electrons. The van der Waals surface area contributed by atoms with Crippen molar-refractivity contribution in [3.63, 3.8) is 0 Å². The van der Waals surface area contributed by atoms with E-state index in [4.69, 9.17) is 0 Å². The van der Waals surface area contributed by atoms with Gasteiger partial charge in [-0.15, -0.1) is 22.7 Å². The monoisotopic (exact) mass is 752 g/mol. The van der Waals surface area contributed by atoms with Gasteiger partial charge in [-0.3, -0.25) is 19.2 Å². The van der Waals surface area contributed by atoms with Gasteiger partial charge < -0.3 is 20.4 Å². The Morgan fingerprint density at radius 3 is 1.41 bits per heavy atom. The minimum absolute atomic E-state index is 0.194. The van der Waals surface area contributed by atoms with E-state index in [0.29, 0.717) is 11.4 Å². The highest BCUT2D eigenvalue weighted by atomic mass is 32.1. The van der Waals surface area contributed by atoms with Crippen molar-refractivity contribution in [2.75, 3.05) is 23.9 Å². The summed E-state index contributed by atoms with van der Waals surface area (Å²) in [6, 6.07) is 34.6. The van der Waals surface area contributed by atoms with Crippen LogP contribution < -0.4 is 20.4 Å². The first kappa shape index (κ1) is 36.1. The van der Waals surface area contributed by atoms with Gasteiger partial charge in [0.05, 0.1) is 31.5 Å². The number of nitrogens with one attached hydrogen (secondary N) is 2. The van der Waals surface area contributed by atoms with E-state index in [-0.39, 0.29) is 35.8 Å². The summed E-state index contributed by atoms with van der Waals surface area (Å²) in [5, 5.41) is 5.85. The summed E-state index contributed by atoms with van der Waals surface area (Å²) in [4.78, 5) is 67.4. The van der Waals surface area contributed by atoms with Crippen molar-refractivity contribution in [2.45, 2.75) is 24.9 Å². The van der Waals surface area contributed by atoms with Crippen LogP contribution in [0, 0.1) is 0 Å². The number of aromatic nitrogens is 2. The zero-order chi connectivity index (χ0) is 37.6. The van der Waals surface area contributed by atoms with Gasteiger partial charge in [-0.2, -0.15) is 0 Å². The van der Waals surface area contributed by atoms with Gasteiger partial charge in [0.1, 0.15) is 12.1 Å². The van der Waals surface area contributed by atoms with Gasteiger partial charge in [0.15, 0.2) is 0 Å². The summed E-state index contributed by atoms with van der Waals surface area (Å²) in [5.74, 6) is -1.65. The van der Waals surface area contributed by atoms with Crippen LogP contribution in [-0.2, 0) is 22.4 Å². The molecule has 4 amide bonds. The van der Waals surface area contributed by atoms with Crippen LogP contribution in [0.25, 0.3) is 20.4 Å². The van der Waals surface area contributed by atoms with Gasteiger partial charge in [-0.1, -0.05) is 66.7 Å². The Hall–Kier alpha value is -6.24. The molecule has 2 aromatic heterocycles. The normalized spacial score (nSPS) is 12.2. The molecule has 2 atom stereocenters. The van der Waals surface area contributed by atoms with Gasteiger partial charge in [0.2, 0.25) is 11.8 Å². The molecule has 0 bridgehead atoms. The third kappa shape index (κ3) is 8.20. The van der Waals surface area contributed by atoms with E-state index in [1.807, 2.05) is 97.1 Å². The third-order valence-electron chi connectivity index (χ3n) is 9.22. The van der Waals surface area contributed by atoms with Crippen LogP contribution >= 0.6 is 22.7 Å². The van der Waals surface area contributed by atoms with E-state index >= 15 is 0 Å². The van der Waals surface area contributed by atoms with E-state index in [2.05, 4.69) is 20.6 Å². The molecule has 7 rings (SSSR count). The number of rotatable bonds is 12. The molecule has 0 unspecified atom stereocenters. The van der Waals surface area contributed by atoms with Crippen LogP contribution in [0.4, 0.5) is 11.4 Å². The maximum absolute atomic E-state index is 14.0. The smallest absolute Gasteiger partial charge is 0.251 e. The number of carbonyl (C=O) groups is 4. The first-order valence-corrected chi connectivity index (χ1v) is 19.0. The van der Waals surface area contributed by atoms with Gasteiger partial charge >= 0.3 is 0 Å². The molecule has 0 aliphatic carbocycles. The van der Waals surface area contributed by atoms with Crippen molar-refractivity contribution in [3.05, 3.63) is 155 Å². The molecule has 0 spiro atoms. The molecular formula is C42H36N6O4S2. The first-order valence-electron chi connectivity index (χ1n) is 17.2. The summed E-state index contributed by atoms with van der Waals surface area (Å²) in [6.45, 7) is 0. The Labute approximate surface area is 320 Å². The number of fused-ring (bicyclic) bond motifs is 2. The average molecular weight is 753 g/mol. The maximum atomic E-state index is 14.0. The third-order valence-corrected chi connectivity index (χ3v) is 10.8. The van der Waals surface area contributed by atoms with Gasteiger partial charge in [-0.05, 0) is 65.7 Å². The molecule has 0 saturated heterocycles. The van der Waals surface area contributed by atoms with Crippen molar-refractivity contribution < 1.29 is 19.2 Å². The molecule has 12 heteroatoms. The van der Waals surface area contributed by atoms with E-state index in [0.717, 1.165) is 31.6 Å². The largest absolute Gasteiger partial charge is 0.340 e. The lowest BCUT2D eigenvalue weighted by molar-refractivity contribution is -0.120. The van der Waals surface area contributed by atoms with Crippen LogP contribution in [0.3, 0.4) is 0 Å².